The fraction of sp³-hybridized carbons (Fsp3) is 0.364. The first-order valence-electron chi connectivity index (χ1n) is 10.3. The minimum atomic E-state index is -4.09. The topological polar surface area (TPSA) is 96.0 Å². The molecule has 0 saturated carbocycles. The van der Waals surface area contributed by atoms with E-state index in [-0.39, 0.29) is 28.0 Å². The lowest BCUT2D eigenvalue weighted by Gasteiger charge is -2.34. The number of carbonyl (C=O) groups excluding carboxylic acids is 2. The van der Waals surface area contributed by atoms with E-state index < -0.39 is 21.9 Å². The van der Waals surface area contributed by atoms with E-state index in [9.17, 15) is 22.4 Å². The van der Waals surface area contributed by atoms with E-state index in [0.29, 0.717) is 32.8 Å². The van der Waals surface area contributed by atoms with Crippen molar-refractivity contribution in [1.82, 2.24) is 9.80 Å². The van der Waals surface area contributed by atoms with Crippen molar-refractivity contribution < 1.29 is 27.1 Å². The molecule has 8 nitrogen and oxygen atoms in total. The number of hydrogen-bond acceptors (Lipinski definition) is 5. The van der Waals surface area contributed by atoms with Crippen LogP contribution in [0.2, 0.25) is 0 Å². The van der Waals surface area contributed by atoms with E-state index in [1.807, 2.05) is 13.8 Å². The molecule has 1 saturated heterocycles. The van der Waals surface area contributed by atoms with Crippen molar-refractivity contribution in [2.75, 3.05) is 37.5 Å². The number of halogens is 1. The van der Waals surface area contributed by atoms with Gasteiger partial charge in [0.1, 0.15) is 5.82 Å². The number of hydrogen-bond donors (Lipinski definition) is 1. The Bertz CT molecular complexity index is 1080. The van der Waals surface area contributed by atoms with Gasteiger partial charge in [-0.15, -0.1) is 0 Å². The van der Waals surface area contributed by atoms with Gasteiger partial charge in [0.25, 0.3) is 15.9 Å². The SMILES string of the molecule is CC(C)COC(=O)N1CCN(C(=O)c2cccc(S(=O)(=O)Nc3ccccc3F)c2)CC1. The van der Waals surface area contributed by atoms with Gasteiger partial charge in [-0.05, 0) is 36.2 Å². The van der Waals surface area contributed by atoms with Crippen LogP contribution < -0.4 is 4.72 Å². The molecular weight excluding hydrogens is 437 g/mol. The fourth-order valence-electron chi connectivity index (χ4n) is 3.15. The van der Waals surface area contributed by atoms with Gasteiger partial charge < -0.3 is 14.5 Å². The molecule has 1 N–H and O–H groups in total. The summed E-state index contributed by atoms with van der Waals surface area (Å²) in [4.78, 5) is 27.9. The number of amides is 2. The van der Waals surface area contributed by atoms with Crippen LogP contribution in [-0.4, -0.2) is 63.0 Å². The highest BCUT2D eigenvalue weighted by atomic mass is 32.2. The average molecular weight is 464 g/mol. The summed E-state index contributed by atoms with van der Waals surface area (Å²) in [6, 6.07) is 11.0. The summed E-state index contributed by atoms with van der Waals surface area (Å²) in [6.45, 7) is 5.50. The molecule has 172 valence electrons. The second-order valence-corrected chi connectivity index (χ2v) is 9.55. The van der Waals surface area contributed by atoms with Gasteiger partial charge in [-0.3, -0.25) is 9.52 Å². The molecule has 0 radical (unpaired) electrons. The number of carbonyl (C=O) groups is 2. The molecule has 2 amide bonds. The molecule has 0 aliphatic carbocycles. The number of para-hydroxylation sites is 1. The van der Waals surface area contributed by atoms with Crippen LogP contribution >= 0.6 is 0 Å². The number of rotatable bonds is 6. The summed E-state index contributed by atoms with van der Waals surface area (Å²) >= 11 is 0. The third kappa shape index (κ3) is 5.76. The summed E-state index contributed by atoms with van der Waals surface area (Å²) in [5.41, 5.74) is 0.0157. The first-order valence-corrected chi connectivity index (χ1v) is 11.7. The molecule has 1 heterocycles. The normalized spacial score (nSPS) is 14.4. The Balaban J connectivity index is 1.66. The minimum absolute atomic E-state index is 0.150. The van der Waals surface area contributed by atoms with Gasteiger partial charge in [-0.25, -0.2) is 17.6 Å². The van der Waals surface area contributed by atoms with E-state index >= 15 is 0 Å². The highest BCUT2D eigenvalue weighted by Crippen LogP contribution is 2.20. The molecule has 2 aromatic rings. The Hall–Kier alpha value is -3.14. The van der Waals surface area contributed by atoms with Crippen molar-refractivity contribution in [3.63, 3.8) is 0 Å². The lowest BCUT2D eigenvalue weighted by Crippen LogP contribution is -2.50. The van der Waals surface area contributed by atoms with Crippen LogP contribution in [0.15, 0.2) is 53.4 Å². The van der Waals surface area contributed by atoms with Crippen molar-refractivity contribution in [3.8, 4) is 0 Å². The van der Waals surface area contributed by atoms with Crippen molar-refractivity contribution in [3.05, 3.63) is 59.9 Å². The molecule has 0 unspecified atom stereocenters. The Morgan fingerprint density at radius 2 is 1.69 bits per heavy atom. The lowest BCUT2D eigenvalue weighted by atomic mass is 10.2. The second kappa shape index (κ2) is 9.99. The molecule has 2 aromatic carbocycles. The van der Waals surface area contributed by atoms with Crippen molar-refractivity contribution in [2.45, 2.75) is 18.7 Å². The van der Waals surface area contributed by atoms with Crippen LogP contribution in [0.5, 0.6) is 0 Å². The van der Waals surface area contributed by atoms with Crippen molar-refractivity contribution in [2.24, 2.45) is 5.92 Å². The zero-order valence-corrected chi connectivity index (χ0v) is 18.8. The van der Waals surface area contributed by atoms with Gasteiger partial charge in [0.2, 0.25) is 0 Å². The first-order chi connectivity index (χ1) is 15.2. The Morgan fingerprint density at radius 3 is 2.34 bits per heavy atom. The summed E-state index contributed by atoms with van der Waals surface area (Å²) < 4.78 is 46.6. The summed E-state index contributed by atoms with van der Waals surface area (Å²) in [5.74, 6) is -0.811. The monoisotopic (exact) mass is 463 g/mol. The van der Waals surface area contributed by atoms with Crippen LogP contribution in [0.1, 0.15) is 24.2 Å². The summed E-state index contributed by atoms with van der Waals surface area (Å²) in [5, 5.41) is 0. The van der Waals surface area contributed by atoms with E-state index in [2.05, 4.69) is 4.72 Å². The maximum absolute atomic E-state index is 13.8. The summed E-state index contributed by atoms with van der Waals surface area (Å²) in [6.07, 6.45) is -0.405. The lowest BCUT2D eigenvalue weighted by molar-refractivity contribution is 0.0535. The molecule has 3 rings (SSSR count). The maximum atomic E-state index is 13.8. The zero-order chi connectivity index (χ0) is 23.3. The number of sulfonamides is 1. The van der Waals surface area contributed by atoms with E-state index in [1.54, 1.807) is 9.80 Å². The van der Waals surface area contributed by atoms with Crippen LogP contribution in [0, 0.1) is 11.7 Å². The zero-order valence-electron chi connectivity index (χ0n) is 18.0. The molecule has 1 aliphatic rings. The van der Waals surface area contributed by atoms with Crippen LogP contribution in [0.25, 0.3) is 0 Å². The molecular formula is C22H26FN3O5S. The number of anilines is 1. The molecule has 0 aromatic heterocycles. The van der Waals surface area contributed by atoms with Gasteiger partial charge in [-0.2, -0.15) is 0 Å². The number of nitrogens with zero attached hydrogens (tertiary/aromatic N) is 2. The minimum Gasteiger partial charge on any atom is -0.449 e. The van der Waals surface area contributed by atoms with Crippen LogP contribution in [0.4, 0.5) is 14.9 Å². The largest absolute Gasteiger partial charge is 0.449 e. The molecule has 0 spiro atoms. The molecule has 1 fully saturated rings. The van der Waals surface area contributed by atoms with Gasteiger partial charge in [0.15, 0.2) is 0 Å². The molecule has 1 aliphatic heterocycles. The Kier molecular flexibility index (Phi) is 7.34. The average Bonchev–Trinajstić information content (AvgIpc) is 2.78. The molecule has 32 heavy (non-hydrogen) atoms. The Labute approximate surface area is 187 Å². The number of nitrogens with one attached hydrogen (secondary N) is 1. The molecule has 10 heteroatoms. The highest BCUT2D eigenvalue weighted by molar-refractivity contribution is 7.92. The quantitative estimate of drug-likeness (QED) is 0.710. The van der Waals surface area contributed by atoms with E-state index in [0.717, 1.165) is 6.07 Å². The smallest absolute Gasteiger partial charge is 0.409 e. The predicted octanol–water partition coefficient (Wildman–Crippen LogP) is 3.18. The van der Waals surface area contributed by atoms with Crippen LogP contribution in [0.3, 0.4) is 0 Å². The Morgan fingerprint density at radius 1 is 1.03 bits per heavy atom. The standard InChI is InChI=1S/C22H26FN3O5S/c1-16(2)15-31-22(28)26-12-10-25(11-13-26)21(27)17-6-5-7-18(14-17)32(29,30)24-20-9-4-3-8-19(20)23/h3-9,14,16,24H,10-13,15H2,1-2H3. The van der Waals surface area contributed by atoms with E-state index in [1.165, 1.54) is 42.5 Å². The number of piperazine rings is 1. The maximum Gasteiger partial charge on any atom is 0.409 e. The highest BCUT2D eigenvalue weighted by Gasteiger charge is 2.26. The third-order valence-corrected chi connectivity index (χ3v) is 6.24. The number of benzene rings is 2. The van der Waals surface area contributed by atoms with Crippen molar-refractivity contribution >= 4 is 27.7 Å². The number of ether oxygens (including phenoxy) is 1. The van der Waals surface area contributed by atoms with Gasteiger partial charge in [0.05, 0.1) is 17.2 Å². The fourth-order valence-corrected chi connectivity index (χ4v) is 4.26. The second-order valence-electron chi connectivity index (χ2n) is 7.86. The van der Waals surface area contributed by atoms with Gasteiger partial charge in [-0.1, -0.05) is 32.0 Å². The molecule has 0 atom stereocenters. The first kappa shape index (κ1) is 23.5. The molecule has 0 bridgehead atoms. The van der Waals surface area contributed by atoms with Gasteiger partial charge >= 0.3 is 6.09 Å². The van der Waals surface area contributed by atoms with E-state index in [4.69, 9.17) is 4.74 Å². The summed E-state index contributed by atoms with van der Waals surface area (Å²) in [7, 11) is -4.09. The van der Waals surface area contributed by atoms with Crippen molar-refractivity contribution in [1.29, 1.82) is 0 Å². The van der Waals surface area contributed by atoms with Gasteiger partial charge in [0, 0.05) is 31.7 Å². The van der Waals surface area contributed by atoms with Crippen LogP contribution in [-0.2, 0) is 14.8 Å². The third-order valence-electron chi connectivity index (χ3n) is 4.87. The predicted molar refractivity (Wildman–Crippen MR) is 117 cm³/mol.